The highest BCUT2D eigenvalue weighted by molar-refractivity contribution is 7.98. The van der Waals surface area contributed by atoms with Crippen LogP contribution in [0, 0.1) is 0 Å². The van der Waals surface area contributed by atoms with Gasteiger partial charge in [-0.1, -0.05) is 24.6 Å². The number of ketones is 1. The molecule has 1 saturated heterocycles. The molecule has 0 atom stereocenters. The van der Waals surface area contributed by atoms with Gasteiger partial charge in [-0.3, -0.25) is 4.79 Å². The van der Waals surface area contributed by atoms with Crippen LogP contribution in [0.1, 0.15) is 35.2 Å². The summed E-state index contributed by atoms with van der Waals surface area (Å²) >= 11 is 1.67. The Balaban J connectivity index is 1.70. The van der Waals surface area contributed by atoms with E-state index in [4.69, 9.17) is 0 Å². The summed E-state index contributed by atoms with van der Waals surface area (Å²) in [5, 5.41) is 0. The van der Waals surface area contributed by atoms with E-state index in [9.17, 15) is 13.2 Å². The highest BCUT2D eigenvalue weighted by Gasteiger charge is 2.25. The standard InChI is InChI=1S/C21H23NO3S2/c1-26-19-10-5-17(6-11-19)7-14-21(23)18-8-12-20(13-9-18)27(24,25)22-15-3-2-4-16-22/h5-14H,2-4,15-16H2,1H3/b14-7+. The second kappa shape index (κ2) is 8.87. The van der Waals surface area contributed by atoms with Crippen LogP contribution < -0.4 is 0 Å². The number of carbonyl (C=O) groups is 1. The molecule has 2 aromatic rings. The summed E-state index contributed by atoms with van der Waals surface area (Å²) in [6.07, 6.45) is 8.18. The molecule has 0 bridgehead atoms. The first-order chi connectivity index (χ1) is 13.0. The van der Waals surface area contributed by atoms with Crippen LogP contribution in [0.4, 0.5) is 0 Å². The van der Waals surface area contributed by atoms with Gasteiger partial charge in [0.15, 0.2) is 5.78 Å². The Hall–Kier alpha value is -1.89. The molecule has 27 heavy (non-hydrogen) atoms. The van der Waals surface area contributed by atoms with Crippen molar-refractivity contribution in [2.24, 2.45) is 0 Å². The zero-order valence-electron chi connectivity index (χ0n) is 15.3. The van der Waals surface area contributed by atoms with E-state index >= 15 is 0 Å². The summed E-state index contributed by atoms with van der Waals surface area (Å²) in [5.74, 6) is -0.147. The molecule has 4 nitrogen and oxygen atoms in total. The SMILES string of the molecule is CSc1ccc(/C=C/C(=O)c2ccc(S(=O)(=O)N3CCCCC3)cc2)cc1. The minimum absolute atomic E-state index is 0.147. The normalized spacial score (nSPS) is 15.9. The van der Waals surface area contributed by atoms with Gasteiger partial charge in [-0.15, -0.1) is 11.8 Å². The third-order valence-electron chi connectivity index (χ3n) is 4.63. The van der Waals surface area contributed by atoms with E-state index in [0.29, 0.717) is 18.7 Å². The van der Waals surface area contributed by atoms with Crippen molar-refractivity contribution >= 4 is 33.6 Å². The van der Waals surface area contributed by atoms with Crippen LogP contribution in [0.3, 0.4) is 0 Å². The van der Waals surface area contributed by atoms with Gasteiger partial charge in [0.25, 0.3) is 0 Å². The van der Waals surface area contributed by atoms with Gasteiger partial charge in [0.05, 0.1) is 4.90 Å². The average Bonchev–Trinajstić information content (AvgIpc) is 2.73. The smallest absolute Gasteiger partial charge is 0.243 e. The molecule has 1 aliphatic rings. The van der Waals surface area contributed by atoms with Crippen LogP contribution in [0.25, 0.3) is 6.08 Å². The maximum Gasteiger partial charge on any atom is 0.243 e. The average molecular weight is 402 g/mol. The maximum absolute atomic E-state index is 12.7. The maximum atomic E-state index is 12.7. The van der Waals surface area contributed by atoms with Crippen LogP contribution in [-0.2, 0) is 10.0 Å². The lowest BCUT2D eigenvalue weighted by Crippen LogP contribution is -2.35. The molecule has 2 aromatic carbocycles. The first-order valence-corrected chi connectivity index (χ1v) is 11.6. The third-order valence-corrected chi connectivity index (χ3v) is 7.29. The Labute approximate surface area is 165 Å². The number of carbonyl (C=O) groups excluding carboxylic acids is 1. The molecule has 6 heteroatoms. The summed E-state index contributed by atoms with van der Waals surface area (Å²) in [7, 11) is -3.46. The van der Waals surface area contributed by atoms with E-state index in [-0.39, 0.29) is 10.7 Å². The van der Waals surface area contributed by atoms with Gasteiger partial charge in [0.2, 0.25) is 10.0 Å². The molecule has 0 spiro atoms. The number of allylic oxidation sites excluding steroid dienone is 1. The lowest BCUT2D eigenvalue weighted by molar-refractivity contribution is 0.104. The van der Waals surface area contributed by atoms with E-state index < -0.39 is 10.0 Å². The van der Waals surface area contributed by atoms with Crippen LogP contribution >= 0.6 is 11.8 Å². The number of hydrogen-bond acceptors (Lipinski definition) is 4. The summed E-state index contributed by atoms with van der Waals surface area (Å²) in [5.41, 5.74) is 1.43. The molecule has 1 fully saturated rings. The Morgan fingerprint density at radius 3 is 2.19 bits per heavy atom. The fourth-order valence-electron chi connectivity index (χ4n) is 3.03. The van der Waals surface area contributed by atoms with Gasteiger partial charge in [-0.2, -0.15) is 4.31 Å². The number of sulfonamides is 1. The van der Waals surface area contributed by atoms with E-state index in [1.807, 2.05) is 30.5 Å². The van der Waals surface area contributed by atoms with Crippen LogP contribution in [-0.4, -0.2) is 37.9 Å². The number of thioether (sulfide) groups is 1. The van der Waals surface area contributed by atoms with Crippen molar-refractivity contribution < 1.29 is 13.2 Å². The van der Waals surface area contributed by atoms with Crippen molar-refractivity contribution in [3.8, 4) is 0 Å². The Kier molecular flexibility index (Phi) is 6.52. The second-order valence-corrected chi connectivity index (χ2v) is 9.28. The van der Waals surface area contributed by atoms with Crippen molar-refractivity contribution in [2.45, 2.75) is 29.1 Å². The Bertz CT molecular complexity index is 911. The topological polar surface area (TPSA) is 54.5 Å². The van der Waals surface area contributed by atoms with Crippen LogP contribution in [0.5, 0.6) is 0 Å². The van der Waals surface area contributed by atoms with Crippen molar-refractivity contribution in [2.75, 3.05) is 19.3 Å². The molecule has 3 rings (SSSR count). The molecular weight excluding hydrogens is 378 g/mol. The molecule has 0 aromatic heterocycles. The third kappa shape index (κ3) is 4.89. The van der Waals surface area contributed by atoms with Gasteiger partial charge in [0, 0.05) is 23.5 Å². The lowest BCUT2D eigenvalue weighted by atomic mass is 10.1. The van der Waals surface area contributed by atoms with Gasteiger partial charge < -0.3 is 0 Å². The van der Waals surface area contributed by atoms with Crippen molar-refractivity contribution in [1.82, 2.24) is 4.31 Å². The number of rotatable bonds is 6. The minimum Gasteiger partial charge on any atom is -0.289 e. The minimum atomic E-state index is -3.46. The van der Waals surface area contributed by atoms with Gasteiger partial charge in [0.1, 0.15) is 0 Å². The van der Waals surface area contributed by atoms with Crippen molar-refractivity contribution in [1.29, 1.82) is 0 Å². The predicted molar refractivity (Wildman–Crippen MR) is 111 cm³/mol. The highest BCUT2D eigenvalue weighted by Crippen LogP contribution is 2.21. The van der Waals surface area contributed by atoms with E-state index in [1.165, 1.54) is 27.4 Å². The molecule has 1 aliphatic heterocycles. The van der Waals surface area contributed by atoms with E-state index in [2.05, 4.69) is 0 Å². The molecule has 0 saturated carbocycles. The Morgan fingerprint density at radius 1 is 0.963 bits per heavy atom. The molecule has 1 heterocycles. The molecular formula is C21H23NO3S2. The number of piperidine rings is 1. The van der Waals surface area contributed by atoms with Crippen molar-refractivity contribution in [3.05, 3.63) is 65.7 Å². The summed E-state index contributed by atoms with van der Waals surface area (Å²) in [6, 6.07) is 14.2. The molecule has 0 amide bonds. The monoisotopic (exact) mass is 401 g/mol. The van der Waals surface area contributed by atoms with Crippen LogP contribution in [0.15, 0.2) is 64.4 Å². The van der Waals surface area contributed by atoms with Gasteiger partial charge in [-0.25, -0.2) is 8.42 Å². The van der Waals surface area contributed by atoms with E-state index in [0.717, 1.165) is 24.8 Å². The molecule has 0 unspecified atom stereocenters. The second-order valence-electron chi connectivity index (χ2n) is 6.46. The fourth-order valence-corrected chi connectivity index (χ4v) is 4.95. The first-order valence-electron chi connectivity index (χ1n) is 8.97. The zero-order valence-corrected chi connectivity index (χ0v) is 16.9. The molecule has 0 aliphatic carbocycles. The van der Waals surface area contributed by atoms with Crippen molar-refractivity contribution in [3.63, 3.8) is 0 Å². The van der Waals surface area contributed by atoms with Crippen LogP contribution in [0.2, 0.25) is 0 Å². The van der Waals surface area contributed by atoms with Gasteiger partial charge in [-0.05, 0) is 67.1 Å². The molecule has 0 radical (unpaired) electrons. The zero-order chi connectivity index (χ0) is 19.3. The molecule has 0 N–H and O–H groups in total. The van der Waals surface area contributed by atoms with Gasteiger partial charge >= 0.3 is 0 Å². The highest BCUT2D eigenvalue weighted by atomic mass is 32.2. The lowest BCUT2D eigenvalue weighted by Gasteiger charge is -2.25. The number of hydrogen-bond donors (Lipinski definition) is 0. The molecule has 142 valence electrons. The predicted octanol–water partition coefficient (Wildman–Crippen LogP) is 4.48. The van der Waals surface area contributed by atoms with E-state index in [1.54, 1.807) is 30.0 Å². The fraction of sp³-hybridized carbons (Fsp3) is 0.286. The number of benzene rings is 2. The number of nitrogens with zero attached hydrogens (tertiary/aromatic N) is 1. The first kappa shape index (κ1) is 19.9. The summed E-state index contributed by atoms with van der Waals surface area (Å²) < 4.78 is 26.8. The Morgan fingerprint density at radius 2 is 1.59 bits per heavy atom. The quantitative estimate of drug-likeness (QED) is 0.407. The summed E-state index contributed by atoms with van der Waals surface area (Å²) in [4.78, 5) is 13.8. The summed E-state index contributed by atoms with van der Waals surface area (Å²) in [6.45, 7) is 1.14. The largest absolute Gasteiger partial charge is 0.289 e.